The predicted octanol–water partition coefficient (Wildman–Crippen LogP) is 1.47. The molecule has 1 N–H and O–H groups in total. The molecule has 0 aliphatic carbocycles. The molecule has 0 bridgehead atoms. The summed E-state index contributed by atoms with van der Waals surface area (Å²) in [6.45, 7) is 0.906. The van der Waals surface area contributed by atoms with Crippen LogP contribution in [0.15, 0.2) is 29.4 Å². The monoisotopic (exact) mass is 162 g/mol. The van der Waals surface area contributed by atoms with Gasteiger partial charge in [-0.25, -0.2) is 0 Å². The molecule has 12 heavy (non-hydrogen) atoms. The summed E-state index contributed by atoms with van der Waals surface area (Å²) in [6.07, 6.45) is 2.48. The van der Waals surface area contributed by atoms with Crippen molar-refractivity contribution in [2.75, 3.05) is 11.4 Å². The zero-order valence-electron chi connectivity index (χ0n) is 6.64. The number of hydrogen-bond donors (Lipinski definition) is 1. The maximum Gasteiger partial charge on any atom is 0.135 e. The van der Waals surface area contributed by atoms with E-state index in [0.29, 0.717) is 0 Å². The van der Waals surface area contributed by atoms with Crippen LogP contribution in [0.4, 0.5) is 5.69 Å². The third kappa shape index (κ3) is 1.03. The summed E-state index contributed by atoms with van der Waals surface area (Å²) in [5.41, 5.74) is 2.47. The highest BCUT2D eigenvalue weighted by Crippen LogP contribution is 2.25. The Bertz CT molecular complexity index is 309. The number of nitrogens with zero attached hydrogens (tertiary/aromatic N) is 2. The maximum absolute atomic E-state index is 8.38. The van der Waals surface area contributed by atoms with Crippen molar-refractivity contribution in [1.82, 2.24) is 0 Å². The summed E-state index contributed by atoms with van der Waals surface area (Å²) < 4.78 is 0. The Morgan fingerprint density at radius 3 is 3.08 bits per heavy atom. The minimum absolute atomic E-state index is 0.906. The number of benzene rings is 1. The zero-order chi connectivity index (χ0) is 8.39. The van der Waals surface area contributed by atoms with E-state index in [1.165, 1.54) is 11.9 Å². The zero-order valence-corrected chi connectivity index (χ0v) is 6.64. The summed E-state index contributed by atoms with van der Waals surface area (Å²) in [6, 6.07) is 8.14. The van der Waals surface area contributed by atoms with Gasteiger partial charge in [0.1, 0.15) is 6.34 Å². The van der Waals surface area contributed by atoms with Crippen molar-refractivity contribution in [1.29, 1.82) is 0 Å². The first-order valence-corrected chi connectivity index (χ1v) is 3.94. The standard InChI is InChI=1S/C9H10N2O/c12-10-7-11-6-5-8-3-1-2-4-9(8)11/h1-4,7,12H,5-6H2/b10-7+. The van der Waals surface area contributed by atoms with Crippen molar-refractivity contribution < 1.29 is 5.21 Å². The number of fused-ring (bicyclic) bond motifs is 1. The van der Waals surface area contributed by atoms with Crippen LogP contribution < -0.4 is 4.90 Å². The Morgan fingerprint density at radius 2 is 2.25 bits per heavy atom. The van der Waals surface area contributed by atoms with Crippen LogP contribution in [0, 0.1) is 0 Å². The molecule has 3 heteroatoms. The fourth-order valence-corrected chi connectivity index (χ4v) is 1.55. The van der Waals surface area contributed by atoms with Crippen LogP contribution in [0.3, 0.4) is 0 Å². The van der Waals surface area contributed by atoms with Gasteiger partial charge in [0.15, 0.2) is 0 Å². The maximum atomic E-state index is 8.38. The van der Waals surface area contributed by atoms with E-state index in [-0.39, 0.29) is 0 Å². The lowest BCUT2D eigenvalue weighted by Crippen LogP contribution is -2.17. The first kappa shape index (κ1) is 7.16. The molecule has 0 saturated carbocycles. The molecule has 62 valence electrons. The predicted molar refractivity (Wildman–Crippen MR) is 47.8 cm³/mol. The molecule has 0 spiro atoms. The molecular formula is C9H10N2O. The molecule has 1 aromatic rings. The number of rotatable bonds is 1. The van der Waals surface area contributed by atoms with E-state index < -0.39 is 0 Å². The summed E-state index contributed by atoms with van der Waals surface area (Å²) >= 11 is 0. The Kier molecular flexibility index (Phi) is 1.70. The molecule has 3 nitrogen and oxygen atoms in total. The summed E-state index contributed by atoms with van der Waals surface area (Å²) in [4.78, 5) is 1.94. The van der Waals surface area contributed by atoms with Crippen LogP contribution >= 0.6 is 0 Å². The molecule has 1 aliphatic heterocycles. The third-order valence-corrected chi connectivity index (χ3v) is 2.11. The molecule has 1 aromatic carbocycles. The fourth-order valence-electron chi connectivity index (χ4n) is 1.55. The fraction of sp³-hybridized carbons (Fsp3) is 0.222. The Balaban J connectivity index is 2.36. The van der Waals surface area contributed by atoms with Crippen molar-refractivity contribution in [3.8, 4) is 0 Å². The minimum atomic E-state index is 0.906. The first-order valence-electron chi connectivity index (χ1n) is 3.94. The molecule has 2 rings (SSSR count). The number of anilines is 1. The Labute approximate surface area is 70.9 Å². The molecule has 0 fully saturated rings. The smallest absolute Gasteiger partial charge is 0.135 e. The molecule has 0 saturated heterocycles. The summed E-state index contributed by atoms with van der Waals surface area (Å²) in [5.74, 6) is 0. The molecule has 0 atom stereocenters. The Morgan fingerprint density at radius 1 is 1.42 bits per heavy atom. The quantitative estimate of drug-likeness (QED) is 0.294. The molecule has 0 radical (unpaired) electrons. The highest BCUT2D eigenvalue weighted by atomic mass is 16.4. The number of hydrogen-bond acceptors (Lipinski definition) is 2. The van der Waals surface area contributed by atoms with Gasteiger partial charge in [-0.15, -0.1) is 0 Å². The largest absolute Gasteiger partial charge is 0.410 e. The number of oxime groups is 1. The average molecular weight is 162 g/mol. The van der Waals surface area contributed by atoms with E-state index in [1.54, 1.807) is 0 Å². The molecule has 0 unspecified atom stereocenters. The van der Waals surface area contributed by atoms with E-state index in [9.17, 15) is 0 Å². The van der Waals surface area contributed by atoms with Gasteiger partial charge in [-0.3, -0.25) is 0 Å². The van der Waals surface area contributed by atoms with E-state index in [0.717, 1.165) is 18.7 Å². The van der Waals surface area contributed by atoms with Crippen molar-refractivity contribution >= 4 is 12.0 Å². The average Bonchev–Trinajstić information content (AvgIpc) is 2.50. The van der Waals surface area contributed by atoms with Gasteiger partial charge in [-0.1, -0.05) is 23.4 Å². The summed E-state index contributed by atoms with van der Waals surface area (Å²) in [5, 5.41) is 11.4. The van der Waals surface area contributed by atoms with E-state index in [2.05, 4.69) is 11.2 Å². The van der Waals surface area contributed by atoms with Crippen molar-refractivity contribution in [2.45, 2.75) is 6.42 Å². The van der Waals surface area contributed by atoms with Gasteiger partial charge < -0.3 is 10.1 Å². The highest BCUT2D eigenvalue weighted by molar-refractivity contribution is 5.82. The van der Waals surface area contributed by atoms with Crippen LogP contribution in [0.1, 0.15) is 5.56 Å². The van der Waals surface area contributed by atoms with E-state index in [4.69, 9.17) is 5.21 Å². The van der Waals surface area contributed by atoms with Crippen molar-refractivity contribution in [2.24, 2.45) is 5.16 Å². The second-order valence-electron chi connectivity index (χ2n) is 2.80. The van der Waals surface area contributed by atoms with Crippen LogP contribution in [0.2, 0.25) is 0 Å². The second kappa shape index (κ2) is 2.85. The molecule has 0 aromatic heterocycles. The third-order valence-electron chi connectivity index (χ3n) is 2.11. The topological polar surface area (TPSA) is 35.8 Å². The van der Waals surface area contributed by atoms with Gasteiger partial charge in [0.05, 0.1) is 0 Å². The van der Waals surface area contributed by atoms with Gasteiger partial charge in [0, 0.05) is 12.2 Å². The summed E-state index contributed by atoms with van der Waals surface area (Å²) in [7, 11) is 0. The van der Waals surface area contributed by atoms with Crippen LogP contribution in [-0.2, 0) is 6.42 Å². The van der Waals surface area contributed by atoms with E-state index >= 15 is 0 Å². The van der Waals surface area contributed by atoms with Gasteiger partial charge >= 0.3 is 0 Å². The molecule has 1 heterocycles. The van der Waals surface area contributed by atoms with Gasteiger partial charge in [-0.05, 0) is 18.1 Å². The van der Waals surface area contributed by atoms with Crippen LogP contribution in [0.25, 0.3) is 0 Å². The van der Waals surface area contributed by atoms with Gasteiger partial charge in [0.25, 0.3) is 0 Å². The second-order valence-corrected chi connectivity index (χ2v) is 2.80. The van der Waals surface area contributed by atoms with Gasteiger partial charge in [-0.2, -0.15) is 0 Å². The van der Waals surface area contributed by atoms with E-state index in [1.807, 2.05) is 23.1 Å². The number of para-hydroxylation sites is 1. The van der Waals surface area contributed by atoms with Crippen LogP contribution in [-0.4, -0.2) is 18.1 Å². The lowest BCUT2D eigenvalue weighted by Gasteiger charge is -2.10. The minimum Gasteiger partial charge on any atom is -0.410 e. The van der Waals surface area contributed by atoms with Crippen molar-refractivity contribution in [3.05, 3.63) is 29.8 Å². The van der Waals surface area contributed by atoms with Gasteiger partial charge in [0.2, 0.25) is 0 Å². The van der Waals surface area contributed by atoms with Crippen molar-refractivity contribution in [3.63, 3.8) is 0 Å². The first-order chi connectivity index (χ1) is 5.92. The van der Waals surface area contributed by atoms with Crippen LogP contribution in [0.5, 0.6) is 0 Å². The lowest BCUT2D eigenvalue weighted by atomic mass is 10.2. The SMILES string of the molecule is O/N=C/N1CCc2ccccc21. The lowest BCUT2D eigenvalue weighted by molar-refractivity contribution is 0.320. The molecule has 0 amide bonds. The Hall–Kier alpha value is -1.51. The highest BCUT2D eigenvalue weighted by Gasteiger charge is 2.15. The molecular weight excluding hydrogens is 152 g/mol. The molecule has 1 aliphatic rings. The normalized spacial score (nSPS) is 15.5.